The minimum Gasteiger partial charge on any atom is -0.298 e. The van der Waals surface area contributed by atoms with Crippen LogP contribution < -0.4 is 5.56 Å². The summed E-state index contributed by atoms with van der Waals surface area (Å²) in [5, 5.41) is 0.660. The van der Waals surface area contributed by atoms with Gasteiger partial charge < -0.3 is 0 Å². The van der Waals surface area contributed by atoms with Crippen LogP contribution >= 0.6 is 0 Å². The van der Waals surface area contributed by atoms with Crippen molar-refractivity contribution in [1.82, 2.24) is 14.5 Å². The highest BCUT2D eigenvalue weighted by Gasteiger charge is 2.04. The van der Waals surface area contributed by atoms with Gasteiger partial charge >= 0.3 is 0 Å². The van der Waals surface area contributed by atoms with Gasteiger partial charge in [-0.1, -0.05) is 18.2 Å². The molecule has 4 heteroatoms. The van der Waals surface area contributed by atoms with Crippen molar-refractivity contribution in [3.63, 3.8) is 0 Å². The number of aryl methyl sites for hydroxylation is 3. The molecule has 0 atom stereocenters. The van der Waals surface area contributed by atoms with Crippen molar-refractivity contribution in [3.05, 3.63) is 70.5 Å². The lowest BCUT2D eigenvalue weighted by atomic mass is 10.1. The second kappa shape index (κ2) is 5.25. The molecule has 0 fully saturated rings. The molecule has 0 spiro atoms. The SMILES string of the molecule is Cc1cccnc1CCn1cnc2ccccc2c1=O. The van der Waals surface area contributed by atoms with Gasteiger partial charge in [0.25, 0.3) is 5.56 Å². The van der Waals surface area contributed by atoms with Gasteiger partial charge in [0.2, 0.25) is 0 Å². The largest absolute Gasteiger partial charge is 0.298 e. The van der Waals surface area contributed by atoms with Crippen LogP contribution in [0.1, 0.15) is 11.3 Å². The zero-order valence-corrected chi connectivity index (χ0v) is 11.3. The molecule has 0 N–H and O–H groups in total. The van der Waals surface area contributed by atoms with Crippen LogP contribution in [0.5, 0.6) is 0 Å². The maximum atomic E-state index is 12.3. The van der Waals surface area contributed by atoms with E-state index in [1.54, 1.807) is 17.1 Å². The zero-order chi connectivity index (χ0) is 13.9. The summed E-state index contributed by atoms with van der Waals surface area (Å²) in [4.78, 5) is 21.0. The van der Waals surface area contributed by atoms with E-state index < -0.39 is 0 Å². The van der Waals surface area contributed by atoms with Gasteiger partial charge in [-0.3, -0.25) is 14.3 Å². The molecule has 4 nitrogen and oxygen atoms in total. The van der Waals surface area contributed by atoms with Crippen LogP contribution in [0.3, 0.4) is 0 Å². The molecule has 1 aromatic carbocycles. The molecule has 0 saturated heterocycles. The Morgan fingerprint density at radius 2 is 1.95 bits per heavy atom. The first-order valence-electron chi connectivity index (χ1n) is 6.60. The topological polar surface area (TPSA) is 47.8 Å². The summed E-state index contributed by atoms with van der Waals surface area (Å²) in [6.45, 7) is 2.62. The quantitative estimate of drug-likeness (QED) is 0.730. The van der Waals surface area contributed by atoms with E-state index in [0.29, 0.717) is 11.9 Å². The first-order valence-corrected chi connectivity index (χ1v) is 6.60. The van der Waals surface area contributed by atoms with E-state index in [1.165, 1.54) is 0 Å². The first kappa shape index (κ1) is 12.5. The van der Waals surface area contributed by atoms with Crippen LogP contribution in [0.15, 0.2) is 53.7 Å². The summed E-state index contributed by atoms with van der Waals surface area (Å²) in [6.07, 6.45) is 4.12. The number of fused-ring (bicyclic) bond motifs is 1. The highest BCUT2D eigenvalue weighted by atomic mass is 16.1. The molecule has 0 aliphatic carbocycles. The number of nitrogens with zero attached hydrogens (tertiary/aromatic N) is 3. The molecule has 100 valence electrons. The summed E-state index contributed by atoms with van der Waals surface area (Å²) in [5.74, 6) is 0. The lowest BCUT2D eigenvalue weighted by molar-refractivity contribution is 0.652. The molecule has 0 aliphatic heterocycles. The first-order chi connectivity index (χ1) is 9.75. The number of benzene rings is 1. The number of para-hydroxylation sites is 1. The molecule has 0 aliphatic rings. The maximum absolute atomic E-state index is 12.3. The Balaban J connectivity index is 1.90. The number of pyridine rings is 1. The minimum atomic E-state index is 0.00387. The smallest absolute Gasteiger partial charge is 0.261 e. The summed E-state index contributed by atoms with van der Waals surface area (Å²) >= 11 is 0. The third kappa shape index (κ3) is 2.32. The predicted octanol–water partition coefficient (Wildman–Crippen LogP) is 2.34. The van der Waals surface area contributed by atoms with Crippen LogP contribution in [0.25, 0.3) is 10.9 Å². The summed E-state index contributed by atoms with van der Waals surface area (Å²) in [7, 11) is 0. The molecule has 0 radical (unpaired) electrons. The van der Waals surface area contributed by atoms with Gasteiger partial charge in [-0.05, 0) is 30.7 Å². The van der Waals surface area contributed by atoms with Crippen LogP contribution in [-0.4, -0.2) is 14.5 Å². The van der Waals surface area contributed by atoms with E-state index in [4.69, 9.17) is 0 Å². The molecule has 0 amide bonds. The normalized spacial score (nSPS) is 10.8. The second-order valence-corrected chi connectivity index (χ2v) is 4.78. The van der Waals surface area contributed by atoms with Crippen molar-refractivity contribution in [2.45, 2.75) is 19.9 Å². The van der Waals surface area contributed by atoms with Crippen molar-refractivity contribution in [2.75, 3.05) is 0 Å². The fourth-order valence-corrected chi connectivity index (χ4v) is 2.27. The fourth-order valence-electron chi connectivity index (χ4n) is 2.27. The van der Waals surface area contributed by atoms with Gasteiger partial charge in [0, 0.05) is 24.9 Å². The summed E-state index contributed by atoms with van der Waals surface area (Å²) in [5.41, 5.74) is 2.91. The second-order valence-electron chi connectivity index (χ2n) is 4.78. The lowest BCUT2D eigenvalue weighted by Crippen LogP contribution is -2.21. The average molecular weight is 265 g/mol. The monoisotopic (exact) mass is 265 g/mol. The Morgan fingerprint density at radius 1 is 1.10 bits per heavy atom. The van der Waals surface area contributed by atoms with Gasteiger partial charge in [-0.15, -0.1) is 0 Å². The Kier molecular flexibility index (Phi) is 3.29. The average Bonchev–Trinajstić information content (AvgIpc) is 2.48. The molecular formula is C16H15N3O. The molecule has 0 saturated carbocycles. The lowest BCUT2D eigenvalue weighted by Gasteiger charge is -2.07. The minimum absolute atomic E-state index is 0.00387. The van der Waals surface area contributed by atoms with Crippen molar-refractivity contribution < 1.29 is 0 Å². The Hall–Kier alpha value is -2.49. The van der Waals surface area contributed by atoms with E-state index in [1.807, 2.05) is 43.3 Å². The molecular weight excluding hydrogens is 250 g/mol. The Labute approximate surface area is 116 Å². The Morgan fingerprint density at radius 3 is 2.80 bits per heavy atom. The molecule has 2 aromatic heterocycles. The number of hydrogen-bond acceptors (Lipinski definition) is 3. The van der Waals surface area contributed by atoms with Crippen molar-refractivity contribution in [2.24, 2.45) is 0 Å². The third-order valence-electron chi connectivity index (χ3n) is 3.44. The molecule has 2 heterocycles. The van der Waals surface area contributed by atoms with Crippen LogP contribution in [0.4, 0.5) is 0 Å². The third-order valence-corrected chi connectivity index (χ3v) is 3.44. The van der Waals surface area contributed by atoms with Crippen LogP contribution in [0.2, 0.25) is 0 Å². The van der Waals surface area contributed by atoms with Crippen LogP contribution in [0, 0.1) is 6.92 Å². The van der Waals surface area contributed by atoms with Gasteiger partial charge in [0.1, 0.15) is 0 Å². The van der Waals surface area contributed by atoms with Crippen molar-refractivity contribution in [1.29, 1.82) is 0 Å². The number of rotatable bonds is 3. The molecule has 20 heavy (non-hydrogen) atoms. The van der Waals surface area contributed by atoms with E-state index in [9.17, 15) is 4.79 Å². The van der Waals surface area contributed by atoms with E-state index in [2.05, 4.69) is 9.97 Å². The zero-order valence-electron chi connectivity index (χ0n) is 11.3. The molecule has 3 rings (SSSR count). The molecule has 0 unspecified atom stereocenters. The van der Waals surface area contributed by atoms with Gasteiger partial charge in [-0.25, -0.2) is 4.98 Å². The summed E-state index contributed by atoms with van der Waals surface area (Å²) in [6, 6.07) is 11.4. The molecule has 3 aromatic rings. The van der Waals surface area contributed by atoms with Crippen molar-refractivity contribution in [3.8, 4) is 0 Å². The van der Waals surface area contributed by atoms with E-state index >= 15 is 0 Å². The standard InChI is InChI=1S/C16H15N3O/c1-12-5-4-9-17-14(12)8-10-19-11-18-15-7-3-2-6-13(15)16(19)20/h2-7,9,11H,8,10H2,1H3. The van der Waals surface area contributed by atoms with Gasteiger partial charge in [0.05, 0.1) is 17.2 Å². The predicted molar refractivity (Wildman–Crippen MR) is 78.7 cm³/mol. The van der Waals surface area contributed by atoms with Gasteiger partial charge in [0.15, 0.2) is 0 Å². The summed E-state index contributed by atoms with van der Waals surface area (Å²) < 4.78 is 1.65. The number of hydrogen-bond donors (Lipinski definition) is 0. The highest BCUT2D eigenvalue weighted by molar-refractivity contribution is 5.76. The van der Waals surface area contributed by atoms with E-state index in [-0.39, 0.29) is 5.56 Å². The fraction of sp³-hybridized carbons (Fsp3) is 0.188. The van der Waals surface area contributed by atoms with Crippen LogP contribution in [-0.2, 0) is 13.0 Å². The number of aromatic nitrogens is 3. The van der Waals surface area contributed by atoms with Crippen molar-refractivity contribution >= 4 is 10.9 Å². The molecule has 0 bridgehead atoms. The highest BCUT2D eigenvalue weighted by Crippen LogP contribution is 2.07. The Bertz CT molecular complexity index is 808. The van der Waals surface area contributed by atoms with E-state index in [0.717, 1.165) is 23.2 Å². The van der Waals surface area contributed by atoms with Gasteiger partial charge in [-0.2, -0.15) is 0 Å². The maximum Gasteiger partial charge on any atom is 0.261 e.